The molecule has 1 rings (SSSR count). The summed E-state index contributed by atoms with van der Waals surface area (Å²) in [7, 11) is 0. The zero-order valence-corrected chi connectivity index (χ0v) is 11.9. The van der Waals surface area contributed by atoms with Gasteiger partial charge in [-0.05, 0) is 34.8 Å². The van der Waals surface area contributed by atoms with Crippen molar-refractivity contribution in [3.63, 3.8) is 0 Å². The number of aromatic nitrogens is 1. The Morgan fingerprint density at radius 2 is 2.24 bits per heavy atom. The molecular formula is C12H17BrN2O2. The zero-order chi connectivity index (χ0) is 13.0. The summed E-state index contributed by atoms with van der Waals surface area (Å²) in [5, 5.41) is 9.18. The minimum Gasteiger partial charge on any atom is -0.478 e. The van der Waals surface area contributed by atoms with Crippen molar-refractivity contribution in [2.75, 3.05) is 18.0 Å². The van der Waals surface area contributed by atoms with E-state index >= 15 is 0 Å². The second-order valence-electron chi connectivity index (χ2n) is 4.26. The van der Waals surface area contributed by atoms with Crippen LogP contribution in [0.25, 0.3) is 0 Å². The van der Waals surface area contributed by atoms with Crippen LogP contribution in [0.1, 0.15) is 31.1 Å². The number of carboxylic acids is 1. The zero-order valence-electron chi connectivity index (χ0n) is 10.3. The van der Waals surface area contributed by atoms with Gasteiger partial charge in [-0.25, -0.2) is 9.78 Å². The van der Waals surface area contributed by atoms with E-state index in [1.54, 1.807) is 12.3 Å². The predicted octanol–water partition coefficient (Wildman–Crippen LogP) is 3.02. The monoisotopic (exact) mass is 300 g/mol. The maximum absolute atomic E-state index is 11.2. The van der Waals surface area contributed by atoms with E-state index in [0.29, 0.717) is 16.2 Å². The first-order valence-electron chi connectivity index (χ1n) is 5.59. The number of hydrogen-bond acceptors (Lipinski definition) is 3. The Kier molecular flexibility index (Phi) is 4.93. The van der Waals surface area contributed by atoms with Crippen LogP contribution in [0.3, 0.4) is 0 Å². The molecule has 0 aliphatic rings. The second kappa shape index (κ2) is 6.00. The Morgan fingerprint density at radius 1 is 1.59 bits per heavy atom. The molecule has 0 radical (unpaired) electrons. The quantitative estimate of drug-likeness (QED) is 0.908. The number of halogens is 1. The molecule has 0 spiro atoms. The number of rotatable bonds is 5. The van der Waals surface area contributed by atoms with Crippen LogP contribution in [0.4, 0.5) is 5.82 Å². The molecule has 0 aliphatic heterocycles. The average Bonchev–Trinajstić information content (AvgIpc) is 2.25. The van der Waals surface area contributed by atoms with Gasteiger partial charge in [0.2, 0.25) is 0 Å². The first-order valence-corrected chi connectivity index (χ1v) is 6.38. The standard InChI is InChI=1S/C12H17BrN2O2/c1-4-15(7-8(2)3)11-10(12(16)17)5-9(13)6-14-11/h5-6,8H,4,7H2,1-3H3,(H,16,17). The first kappa shape index (κ1) is 14.0. The number of aromatic carboxylic acids is 1. The molecule has 5 heteroatoms. The van der Waals surface area contributed by atoms with Gasteiger partial charge in [0.1, 0.15) is 11.4 Å². The second-order valence-corrected chi connectivity index (χ2v) is 5.18. The molecule has 1 aromatic rings. The Labute approximate surface area is 110 Å². The molecule has 0 unspecified atom stereocenters. The van der Waals surface area contributed by atoms with Gasteiger partial charge in [-0.2, -0.15) is 0 Å². The van der Waals surface area contributed by atoms with E-state index in [1.165, 1.54) is 0 Å². The molecule has 1 N–H and O–H groups in total. The maximum Gasteiger partial charge on any atom is 0.339 e. The highest BCUT2D eigenvalue weighted by molar-refractivity contribution is 9.10. The van der Waals surface area contributed by atoms with Crippen molar-refractivity contribution in [1.82, 2.24) is 4.98 Å². The molecule has 0 fully saturated rings. The predicted molar refractivity (Wildman–Crippen MR) is 71.6 cm³/mol. The van der Waals surface area contributed by atoms with E-state index in [0.717, 1.165) is 13.1 Å². The largest absolute Gasteiger partial charge is 0.478 e. The molecule has 0 aliphatic carbocycles. The average molecular weight is 301 g/mol. The van der Waals surface area contributed by atoms with Crippen molar-refractivity contribution in [2.45, 2.75) is 20.8 Å². The summed E-state index contributed by atoms with van der Waals surface area (Å²) in [6.07, 6.45) is 1.63. The Morgan fingerprint density at radius 3 is 2.71 bits per heavy atom. The van der Waals surface area contributed by atoms with Crippen molar-refractivity contribution < 1.29 is 9.90 Å². The van der Waals surface area contributed by atoms with E-state index in [4.69, 9.17) is 0 Å². The van der Waals surface area contributed by atoms with Gasteiger partial charge in [0.25, 0.3) is 0 Å². The number of carboxylic acid groups (broad SMARTS) is 1. The lowest BCUT2D eigenvalue weighted by atomic mass is 10.2. The third-order valence-corrected chi connectivity index (χ3v) is 2.76. The Bertz CT molecular complexity index is 407. The minimum atomic E-state index is -0.948. The highest BCUT2D eigenvalue weighted by Crippen LogP contribution is 2.22. The molecular weight excluding hydrogens is 284 g/mol. The SMILES string of the molecule is CCN(CC(C)C)c1ncc(Br)cc1C(=O)O. The van der Waals surface area contributed by atoms with E-state index < -0.39 is 5.97 Å². The van der Waals surface area contributed by atoms with Gasteiger partial charge in [-0.1, -0.05) is 13.8 Å². The van der Waals surface area contributed by atoms with Crippen LogP contribution in [-0.2, 0) is 0 Å². The summed E-state index contributed by atoms with van der Waals surface area (Å²) in [6.45, 7) is 7.74. The summed E-state index contributed by atoms with van der Waals surface area (Å²) in [4.78, 5) is 17.4. The lowest BCUT2D eigenvalue weighted by Gasteiger charge is -2.25. The molecule has 0 bridgehead atoms. The fraction of sp³-hybridized carbons (Fsp3) is 0.500. The van der Waals surface area contributed by atoms with E-state index in [2.05, 4.69) is 34.8 Å². The number of anilines is 1. The third kappa shape index (κ3) is 3.70. The highest BCUT2D eigenvalue weighted by atomic mass is 79.9. The molecule has 0 saturated carbocycles. The van der Waals surface area contributed by atoms with Crippen LogP contribution in [0.5, 0.6) is 0 Å². The minimum absolute atomic E-state index is 0.238. The summed E-state index contributed by atoms with van der Waals surface area (Å²) < 4.78 is 0.680. The summed E-state index contributed by atoms with van der Waals surface area (Å²) >= 11 is 3.24. The van der Waals surface area contributed by atoms with E-state index in [1.807, 2.05) is 11.8 Å². The van der Waals surface area contributed by atoms with Crippen LogP contribution >= 0.6 is 15.9 Å². The van der Waals surface area contributed by atoms with Crippen LogP contribution in [0.2, 0.25) is 0 Å². The van der Waals surface area contributed by atoms with Crippen LogP contribution in [0.15, 0.2) is 16.7 Å². The molecule has 17 heavy (non-hydrogen) atoms. The lowest BCUT2D eigenvalue weighted by molar-refractivity contribution is 0.0697. The fourth-order valence-corrected chi connectivity index (χ4v) is 1.98. The van der Waals surface area contributed by atoms with Crippen molar-refractivity contribution in [2.24, 2.45) is 5.92 Å². The number of nitrogens with zero attached hydrogens (tertiary/aromatic N) is 2. The number of pyridine rings is 1. The molecule has 1 aromatic heterocycles. The molecule has 0 atom stereocenters. The Balaban J connectivity index is 3.14. The summed E-state index contributed by atoms with van der Waals surface area (Å²) in [5.41, 5.74) is 0.238. The normalized spacial score (nSPS) is 10.6. The van der Waals surface area contributed by atoms with Gasteiger partial charge >= 0.3 is 5.97 Å². The van der Waals surface area contributed by atoms with Gasteiger partial charge in [0.15, 0.2) is 0 Å². The molecule has 0 saturated heterocycles. The van der Waals surface area contributed by atoms with E-state index in [9.17, 15) is 9.90 Å². The van der Waals surface area contributed by atoms with Gasteiger partial charge in [0.05, 0.1) is 0 Å². The fourth-order valence-electron chi connectivity index (χ4n) is 1.65. The summed E-state index contributed by atoms with van der Waals surface area (Å²) in [5.74, 6) is 0.0509. The number of hydrogen-bond donors (Lipinski definition) is 1. The Hall–Kier alpha value is -1.10. The van der Waals surface area contributed by atoms with E-state index in [-0.39, 0.29) is 5.56 Å². The summed E-state index contributed by atoms with van der Waals surface area (Å²) in [6, 6.07) is 1.59. The maximum atomic E-state index is 11.2. The van der Waals surface area contributed by atoms with Gasteiger partial charge < -0.3 is 10.0 Å². The molecule has 4 nitrogen and oxygen atoms in total. The topological polar surface area (TPSA) is 53.4 Å². The molecule has 0 amide bonds. The lowest BCUT2D eigenvalue weighted by Crippen LogP contribution is -2.29. The third-order valence-electron chi connectivity index (χ3n) is 2.33. The number of carbonyl (C=O) groups is 1. The molecule has 94 valence electrons. The molecule has 0 aromatic carbocycles. The van der Waals surface area contributed by atoms with Crippen LogP contribution < -0.4 is 4.90 Å². The van der Waals surface area contributed by atoms with Crippen molar-refractivity contribution in [1.29, 1.82) is 0 Å². The van der Waals surface area contributed by atoms with Gasteiger partial charge in [0, 0.05) is 23.8 Å². The molecule has 1 heterocycles. The van der Waals surface area contributed by atoms with Gasteiger partial charge in [-0.15, -0.1) is 0 Å². The first-order chi connectivity index (χ1) is 7.95. The smallest absolute Gasteiger partial charge is 0.339 e. The van der Waals surface area contributed by atoms with Crippen LogP contribution in [0, 0.1) is 5.92 Å². The van der Waals surface area contributed by atoms with Crippen molar-refractivity contribution >= 4 is 27.7 Å². The van der Waals surface area contributed by atoms with Crippen molar-refractivity contribution in [3.8, 4) is 0 Å². The van der Waals surface area contributed by atoms with Crippen LogP contribution in [-0.4, -0.2) is 29.1 Å². The van der Waals surface area contributed by atoms with Gasteiger partial charge in [-0.3, -0.25) is 0 Å². The van der Waals surface area contributed by atoms with Crippen molar-refractivity contribution in [3.05, 3.63) is 22.3 Å². The highest BCUT2D eigenvalue weighted by Gasteiger charge is 2.17.